The average Bonchev–Trinajstić information content (AvgIpc) is 2.40. The first-order valence-electron chi connectivity index (χ1n) is 5.66. The van der Waals surface area contributed by atoms with Crippen molar-refractivity contribution in [2.75, 3.05) is 11.1 Å². The number of non-ortho nitro benzene ring substituents is 1. The van der Waals surface area contributed by atoms with Crippen LogP contribution in [-0.2, 0) is 10.1 Å². The van der Waals surface area contributed by atoms with E-state index in [9.17, 15) is 18.5 Å². The van der Waals surface area contributed by atoms with Crippen LogP contribution in [0.1, 0.15) is 0 Å². The van der Waals surface area contributed by atoms with E-state index in [2.05, 4.69) is 5.32 Å². The Labute approximate surface area is 120 Å². The van der Waals surface area contributed by atoms with Crippen LogP contribution < -0.4 is 11.1 Å². The minimum atomic E-state index is -4.40. The van der Waals surface area contributed by atoms with Gasteiger partial charge in [-0.05, 0) is 18.2 Å². The van der Waals surface area contributed by atoms with Crippen LogP contribution in [0.25, 0.3) is 0 Å². The SMILES string of the molecule is Nc1cc([N+](=O)[O-])ccc1Nc1ccccc1S(=O)(=O)O. The van der Waals surface area contributed by atoms with Crippen LogP contribution in [0.15, 0.2) is 47.4 Å². The van der Waals surface area contributed by atoms with Gasteiger partial charge in [0, 0.05) is 12.1 Å². The molecule has 0 bridgehead atoms. The minimum absolute atomic E-state index is 0.0781. The number of rotatable bonds is 4. The van der Waals surface area contributed by atoms with Gasteiger partial charge < -0.3 is 11.1 Å². The first-order chi connectivity index (χ1) is 9.79. The number of nitro benzene ring substituents is 1. The third-order valence-electron chi connectivity index (χ3n) is 2.68. The van der Waals surface area contributed by atoms with E-state index >= 15 is 0 Å². The van der Waals surface area contributed by atoms with Gasteiger partial charge in [-0.3, -0.25) is 14.7 Å². The number of para-hydroxylation sites is 1. The fourth-order valence-corrected chi connectivity index (χ4v) is 2.36. The van der Waals surface area contributed by atoms with Crippen molar-refractivity contribution in [3.8, 4) is 0 Å². The Morgan fingerprint density at radius 3 is 2.38 bits per heavy atom. The molecule has 0 amide bonds. The van der Waals surface area contributed by atoms with Crippen molar-refractivity contribution >= 4 is 32.9 Å². The fraction of sp³-hybridized carbons (Fsp3) is 0. The van der Waals surface area contributed by atoms with Crippen molar-refractivity contribution in [2.45, 2.75) is 4.90 Å². The summed E-state index contributed by atoms with van der Waals surface area (Å²) < 4.78 is 31.7. The summed E-state index contributed by atoms with van der Waals surface area (Å²) in [5, 5.41) is 13.4. The van der Waals surface area contributed by atoms with Crippen molar-refractivity contribution in [2.24, 2.45) is 0 Å². The van der Waals surface area contributed by atoms with Crippen molar-refractivity contribution in [3.05, 3.63) is 52.6 Å². The van der Waals surface area contributed by atoms with Gasteiger partial charge >= 0.3 is 0 Å². The molecule has 21 heavy (non-hydrogen) atoms. The van der Waals surface area contributed by atoms with Gasteiger partial charge in [-0.1, -0.05) is 12.1 Å². The zero-order valence-corrected chi connectivity index (χ0v) is 11.4. The molecule has 2 rings (SSSR count). The van der Waals surface area contributed by atoms with E-state index in [0.717, 1.165) is 6.07 Å². The minimum Gasteiger partial charge on any atom is -0.397 e. The Morgan fingerprint density at radius 2 is 1.81 bits per heavy atom. The topological polar surface area (TPSA) is 136 Å². The monoisotopic (exact) mass is 309 g/mol. The molecule has 0 saturated carbocycles. The lowest BCUT2D eigenvalue weighted by atomic mass is 10.2. The number of nitrogens with one attached hydrogen (secondary N) is 1. The van der Waals surface area contributed by atoms with E-state index in [1.54, 1.807) is 6.07 Å². The molecule has 8 nitrogen and oxygen atoms in total. The van der Waals surface area contributed by atoms with Gasteiger partial charge in [-0.15, -0.1) is 0 Å². The molecule has 0 aliphatic heterocycles. The Morgan fingerprint density at radius 1 is 1.14 bits per heavy atom. The van der Waals surface area contributed by atoms with Gasteiger partial charge in [0.15, 0.2) is 0 Å². The summed E-state index contributed by atoms with van der Waals surface area (Å²) in [4.78, 5) is 9.72. The lowest BCUT2D eigenvalue weighted by molar-refractivity contribution is -0.384. The highest BCUT2D eigenvalue weighted by Gasteiger charge is 2.16. The zero-order chi connectivity index (χ0) is 15.6. The Kier molecular flexibility index (Phi) is 3.78. The second kappa shape index (κ2) is 5.38. The van der Waals surface area contributed by atoms with Gasteiger partial charge in [-0.25, -0.2) is 0 Å². The van der Waals surface area contributed by atoms with Crippen molar-refractivity contribution in [1.29, 1.82) is 0 Å². The van der Waals surface area contributed by atoms with Gasteiger partial charge in [0.25, 0.3) is 15.8 Å². The normalized spacial score (nSPS) is 11.1. The summed E-state index contributed by atoms with van der Waals surface area (Å²) in [6.07, 6.45) is 0. The van der Waals surface area contributed by atoms with Crippen LogP contribution in [0, 0.1) is 10.1 Å². The molecule has 9 heteroatoms. The smallest absolute Gasteiger partial charge is 0.296 e. The number of hydrogen-bond acceptors (Lipinski definition) is 6. The second-order valence-corrected chi connectivity index (χ2v) is 5.51. The standard InChI is InChI=1S/C12H11N3O5S/c13-9-7-8(15(16)17)5-6-10(9)14-11-3-1-2-4-12(11)21(18,19)20/h1-7,14H,13H2,(H,18,19,20). The number of nitrogens with two attached hydrogens (primary N) is 1. The molecule has 0 aromatic heterocycles. The summed E-state index contributed by atoms with van der Waals surface area (Å²) >= 11 is 0. The molecule has 0 unspecified atom stereocenters. The molecule has 0 radical (unpaired) electrons. The van der Waals surface area contributed by atoms with Crippen LogP contribution in [0.2, 0.25) is 0 Å². The average molecular weight is 309 g/mol. The van der Waals surface area contributed by atoms with E-state index in [1.807, 2.05) is 0 Å². The predicted molar refractivity (Wildman–Crippen MR) is 77.0 cm³/mol. The largest absolute Gasteiger partial charge is 0.397 e. The molecule has 2 aromatic rings. The quantitative estimate of drug-likeness (QED) is 0.341. The number of hydrogen-bond donors (Lipinski definition) is 3. The third-order valence-corrected chi connectivity index (χ3v) is 3.59. The first-order valence-corrected chi connectivity index (χ1v) is 7.10. The maximum absolute atomic E-state index is 11.3. The molecule has 0 atom stereocenters. The maximum atomic E-state index is 11.3. The molecule has 110 valence electrons. The lowest BCUT2D eigenvalue weighted by Gasteiger charge is -2.11. The maximum Gasteiger partial charge on any atom is 0.296 e. The van der Waals surface area contributed by atoms with Crippen LogP contribution in [0.5, 0.6) is 0 Å². The molecule has 0 heterocycles. The first kappa shape index (κ1) is 14.8. The lowest BCUT2D eigenvalue weighted by Crippen LogP contribution is -2.04. The molecule has 0 fully saturated rings. The van der Waals surface area contributed by atoms with Crippen LogP contribution >= 0.6 is 0 Å². The van der Waals surface area contributed by atoms with E-state index < -0.39 is 15.0 Å². The van der Waals surface area contributed by atoms with E-state index in [1.165, 1.54) is 30.3 Å². The van der Waals surface area contributed by atoms with Gasteiger partial charge in [-0.2, -0.15) is 8.42 Å². The highest BCUT2D eigenvalue weighted by atomic mass is 32.2. The van der Waals surface area contributed by atoms with Gasteiger partial charge in [0.1, 0.15) is 4.90 Å². The van der Waals surface area contributed by atoms with Gasteiger partial charge in [0.05, 0.1) is 22.0 Å². The van der Waals surface area contributed by atoms with Crippen LogP contribution in [0.3, 0.4) is 0 Å². The number of anilines is 3. The van der Waals surface area contributed by atoms with Crippen LogP contribution in [0.4, 0.5) is 22.7 Å². The van der Waals surface area contributed by atoms with Crippen LogP contribution in [-0.4, -0.2) is 17.9 Å². The molecule has 4 N–H and O–H groups in total. The Hall–Kier alpha value is -2.65. The van der Waals surface area contributed by atoms with Crippen molar-refractivity contribution < 1.29 is 17.9 Å². The summed E-state index contributed by atoms with van der Waals surface area (Å²) in [5.74, 6) is 0. The fourth-order valence-electron chi connectivity index (χ4n) is 1.72. The summed E-state index contributed by atoms with van der Waals surface area (Å²) in [5.41, 5.74) is 5.99. The molecular weight excluding hydrogens is 298 g/mol. The van der Waals surface area contributed by atoms with Crippen molar-refractivity contribution in [1.82, 2.24) is 0 Å². The molecular formula is C12H11N3O5S. The molecule has 0 saturated heterocycles. The summed E-state index contributed by atoms with van der Waals surface area (Å²) in [7, 11) is -4.40. The zero-order valence-electron chi connectivity index (χ0n) is 10.6. The highest BCUT2D eigenvalue weighted by molar-refractivity contribution is 7.86. The highest BCUT2D eigenvalue weighted by Crippen LogP contribution is 2.30. The van der Waals surface area contributed by atoms with E-state index in [-0.39, 0.29) is 27.6 Å². The third kappa shape index (κ3) is 3.27. The molecule has 2 aromatic carbocycles. The molecule has 0 spiro atoms. The number of nitrogens with zero attached hydrogens (tertiary/aromatic N) is 1. The Bertz CT molecular complexity index is 804. The molecule has 0 aliphatic carbocycles. The summed E-state index contributed by atoms with van der Waals surface area (Å²) in [6.45, 7) is 0. The summed E-state index contributed by atoms with van der Waals surface area (Å²) in [6, 6.07) is 9.41. The molecule has 0 aliphatic rings. The number of benzene rings is 2. The Balaban J connectivity index is 2.42. The number of nitrogen functional groups attached to an aromatic ring is 1. The second-order valence-electron chi connectivity index (χ2n) is 4.12. The van der Waals surface area contributed by atoms with Gasteiger partial charge in [0.2, 0.25) is 0 Å². The van der Waals surface area contributed by atoms with E-state index in [4.69, 9.17) is 10.3 Å². The van der Waals surface area contributed by atoms with Crippen molar-refractivity contribution in [3.63, 3.8) is 0 Å². The van der Waals surface area contributed by atoms with E-state index in [0.29, 0.717) is 0 Å². The predicted octanol–water partition coefficient (Wildman–Crippen LogP) is 2.17. The number of nitro groups is 1.